The van der Waals surface area contributed by atoms with E-state index in [-0.39, 0.29) is 30.2 Å². The molecule has 0 bridgehead atoms. The summed E-state index contributed by atoms with van der Waals surface area (Å²) in [5, 5.41) is 7.52. The molecule has 0 aromatic rings. The van der Waals surface area contributed by atoms with Crippen molar-refractivity contribution < 1.29 is 55.9 Å². The second kappa shape index (κ2) is 51.9. The molecule has 1 atom stereocenters. The molecule has 0 rings (SSSR count). The lowest BCUT2D eigenvalue weighted by atomic mass is 10.1. The van der Waals surface area contributed by atoms with Crippen LogP contribution in [-0.4, -0.2) is 253 Å². The van der Waals surface area contributed by atoms with Gasteiger partial charge >= 0.3 is 32.7 Å². The molecule has 0 aliphatic rings. The molecule has 0 saturated carbocycles. The summed E-state index contributed by atoms with van der Waals surface area (Å²) in [6.45, 7) is 31.9. The Balaban J connectivity index is 0. The minimum absolute atomic E-state index is 0.153. The number of carbonyl (C=O) groups is 4. The number of nitrogens with one attached hydrogen (secondary N) is 2. The molecule has 0 fully saturated rings. The van der Waals surface area contributed by atoms with Gasteiger partial charge in [-0.05, 0) is 218 Å². The highest BCUT2D eigenvalue weighted by molar-refractivity contribution is 6.87. The van der Waals surface area contributed by atoms with Gasteiger partial charge in [0.1, 0.15) is 19.3 Å². The number of ether oxygens (including phenoxy) is 5. The van der Waals surface area contributed by atoms with E-state index in [1.807, 2.05) is 42.0 Å². The maximum atomic E-state index is 12.3. The third-order valence-corrected chi connectivity index (χ3v) is 24.8. The van der Waals surface area contributed by atoms with Crippen molar-refractivity contribution in [3.05, 3.63) is 0 Å². The molecule has 1 unspecified atom stereocenters. The Labute approximate surface area is 505 Å². The van der Waals surface area contributed by atoms with Crippen molar-refractivity contribution in [2.45, 2.75) is 194 Å². The second-order valence-electron chi connectivity index (χ2n) is 24.6. The van der Waals surface area contributed by atoms with Gasteiger partial charge in [-0.3, -0.25) is 14.5 Å². The number of amides is 2. The van der Waals surface area contributed by atoms with Crippen LogP contribution in [0.4, 0.5) is 9.59 Å². The van der Waals surface area contributed by atoms with E-state index in [4.69, 9.17) is 36.8 Å². The van der Waals surface area contributed by atoms with Crippen LogP contribution in [0.25, 0.3) is 0 Å². The van der Waals surface area contributed by atoms with Crippen LogP contribution in [0, 0.1) is 0 Å². The summed E-state index contributed by atoms with van der Waals surface area (Å²) in [4.78, 5) is 64.8. The van der Waals surface area contributed by atoms with Crippen LogP contribution in [0.2, 0.25) is 51.4 Å². The van der Waals surface area contributed by atoms with E-state index < -0.39 is 25.2 Å². The standard InChI is InChI=1S/C35H78N4O7Si3.C24H50N4O5/c1-13-47(7,8)45-49(11,12)46-48(9,10)31-21-28-42-29-30-43-34(40)22-17-15-14-16-18-23-36-35(41)44-33(2)32-39(26-19-24-37(3)4)27-20-25-38(5)6;1-6-20-31-21-22-32-23(29)14-10-8-7-9-11-15-25-24(30)33-28(18-12-16-26(2)3)19-13-17-27(4)5/h33H,13-32H2,1-12H3,(H,36,41);6-22H2,1-5H3,(H,25,30). The largest absolute Gasteiger partial charge is 0.463 e. The first-order chi connectivity index (χ1) is 38.7. The molecule has 0 radical (unpaired) electrons. The van der Waals surface area contributed by atoms with Gasteiger partial charge in [-0.1, -0.05) is 52.4 Å². The van der Waals surface area contributed by atoms with Crippen molar-refractivity contribution in [1.82, 2.24) is 40.2 Å². The smallest absolute Gasteiger partial charge is 0.426 e. The first-order valence-corrected chi connectivity index (χ1v) is 40.6. The van der Waals surface area contributed by atoms with Gasteiger partial charge in [0.2, 0.25) is 0 Å². The van der Waals surface area contributed by atoms with Crippen molar-refractivity contribution >= 4 is 49.3 Å². The fourth-order valence-electron chi connectivity index (χ4n) is 8.85. The Bertz CT molecular complexity index is 1530. The molecule has 23 heteroatoms. The molecule has 0 spiro atoms. The zero-order valence-corrected chi connectivity index (χ0v) is 58.8. The molecule has 2 N–H and O–H groups in total. The third kappa shape index (κ3) is 58.1. The predicted octanol–water partition coefficient (Wildman–Crippen LogP) is 9.91. The molecule has 0 heterocycles. The van der Waals surface area contributed by atoms with Crippen molar-refractivity contribution in [2.24, 2.45) is 0 Å². The Morgan fingerprint density at radius 1 is 0.451 bits per heavy atom. The van der Waals surface area contributed by atoms with E-state index in [0.29, 0.717) is 65.6 Å². The van der Waals surface area contributed by atoms with Gasteiger partial charge in [0, 0.05) is 58.8 Å². The Kier molecular flexibility index (Phi) is 51.8. The summed E-state index contributed by atoms with van der Waals surface area (Å²) in [5.41, 5.74) is 0. The minimum Gasteiger partial charge on any atom is -0.463 e. The van der Waals surface area contributed by atoms with Crippen molar-refractivity contribution in [2.75, 3.05) is 168 Å². The first kappa shape index (κ1) is 81.8. The molecule has 2 amide bonds. The Morgan fingerprint density at radius 2 is 0.866 bits per heavy atom. The van der Waals surface area contributed by atoms with Crippen LogP contribution in [0.3, 0.4) is 0 Å². The van der Waals surface area contributed by atoms with Gasteiger partial charge in [0.05, 0.1) is 13.2 Å². The number of nitrogens with zero attached hydrogens (tertiary/aromatic N) is 6. The van der Waals surface area contributed by atoms with E-state index in [2.05, 4.69) is 110 Å². The molecular weight excluding hydrogens is 1100 g/mol. The molecular formula is C59H128N8O12Si3. The molecule has 82 heavy (non-hydrogen) atoms. The highest BCUT2D eigenvalue weighted by Gasteiger charge is 2.38. The van der Waals surface area contributed by atoms with Crippen molar-refractivity contribution in [3.63, 3.8) is 0 Å². The van der Waals surface area contributed by atoms with Crippen molar-refractivity contribution in [1.29, 1.82) is 0 Å². The Morgan fingerprint density at radius 3 is 1.32 bits per heavy atom. The fraction of sp³-hybridized carbons (Fsp3) is 0.932. The average molecular weight is 1230 g/mol. The van der Waals surface area contributed by atoms with Gasteiger partial charge < -0.3 is 67.0 Å². The number of alkyl carbamates (subject to hydrolysis) is 1. The first-order valence-electron chi connectivity index (χ1n) is 31.5. The number of unbranched alkanes of at least 4 members (excludes halogenated alkanes) is 8. The van der Waals surface area contributed by atoms with Crippen LogP contribution >= 0.6 is 0 Å². The zero-order chi connectivity index (χ0) is 62.1. The Hall–Kier alpha value is -2.27. The van der Waals surface area contributed by atoms with Crippen LogP contribution in [0.1, 0.15) is 136 Å². The lowest BCUT2D eigenvalue weighted by molar-refractivity contribution is -0.146. The summed E-state index contributed by atoms with van der Waals surface area (Å²) in [7, 11) is 10.9. The molecule has 0 aliphatic carbocycles. The van der Waals surface area contributed by atoms with Crippen LogP contribution in [-0.2, 0) is 46.3 Å². The molecule has 488 valence electrons. The summed E-state index contributed by atoms with van der Waals surface area (Å²) >= 11 is 0. The molecule has 0 saturated heterocycles. The number of esters is 2. The zero-order valence-electron chi connectivity index (χ0n) is 55.8. The van der Waals surface area contributed by atoms with Gasteiger partial charge in [-0.25, -0.2) is 9.59 Å². The van der Waals surface area contributed by atoms with Crippen LogP contribution < -0.4 is 10.6 Å². The van der Waals surface area contributed by atoms with Gasteiger partial charge in [-0.2, -0.15) is 0 Å². The number of carbonyl (C=O) groups excluding carboxylic acids is 4. The summed E-state index contributed by atoms with van der Waals surface area (Å²) < 4.78 is 40.2. The van der Waals surface area contributed by atoms with E-state index in [1.165, 1.54) is 0 Å². The van der Waals surface area contributed by atoms with Gasteiger partial charge in [0.25, 0.3) is 0 Å². The van der Waals surface area contributed by atoms with E-state index in [9.17, 15) is 19.2 Å². The monoisotopic (exact) mass is 1220 g/mol. The predicted molar refractivity (Wildman–Crippen MR) is 343 cm³/mol. The quantitative estimate of drug-likeness (QED) is 0.0193. The fourth-order valence-corrected chi connectivity index (χ4v) is 22.0. The lowest BCUT2D eigenvalue weighted by Crippen LogP contribution is -2.52. The van der Waals surface area contributed by atoms with E-state index >= 15 is 0 Å². The topological polar surface area (TPSA) is 186 Å². The lowest BCUT2D eigenvalue weighted by Gasteiger charge is -2.38. The van der Waals surface area contributed by atoms with Gasteiger partial charge in [-0.15, -0.1) is 5.06 Å². The third-order valence-electron chi connectivity index (χ3n) is 13.2. The maximum absolute atomic E-state index is 12.3. The number of hydroxylamine groups is 2. The van der Waals surface area contributed by atoms with Gasteiger partial charge in [0.15, 0.2) is 16.6 Å². The number of rotatable bonds is 53. The summed E-state index contributed by atoms with van der Waals surface area (Å²) in [6.07, 6.45) is 15.4. The highest BCUT2D eigenvalue weighted by atomic mass is 28.5. The maximum Gasteiger partial charge on any atom is 0.426 e. The minimum atomic E-state index is -2.13. The molecule has 0 aromatic carbocycles. The summed E-state index contributed by atoms with van der Waals surface area (Å²) in [6, 6.07) is 2.12. The normalized spacial score (nSPS) is 12.6. The van der Waals surface area contributed by atoms with E-state index in [1.54, 1.807) is 5.06 Å². The highest BCUT2D eigenvalue weighted by Crippen LogP contribution is 2.25. The second-order valence-corrected chi connectivity index (χ2v) is 37.3. The molecule has 0 aromatic heterocycles. The van der Waals surface area contributed by atoms with Crippen LogP contribution in [0.5, 0.6) is 0 Å². The molecule has 20 nitrogen and oxygen atoms in total. The SMILES string of the molecule is CCCOCCOC(=O)CCCCCCCNC(=O)ON(CCCN(C)C)CCCN(C)C.CC[Si](C)(C)O[Si](C)(C)O[Si](C)(C)CCCOCCOC(=O)CCCCCCCNC(=O)OC(C)CN(CCCN(C)C)CCCN(C)C. The number of hydrogen-bond acceptors (Lipinski definition) is 18. The average Bonchev–Trinajstić information content (AvgIpc) is 3.43. The van der Waals surface area contributed by atoms with Crippen molar-refractivity contribution in [3.8, 4) is 0 Å². The van der Waals surface area contributed by atoms with E-state index in [0.717, 1.165) is 174 Å². The molecule has 0 aliphatic heterocycles. The van der Waals surface area contributed by atoms with Crippen LogP contribution in [0.15, 0.2) is 0 Å². The number of hydrogen-bond donors (Lipinski definition) is 2. The summed E-state index contributed by atoms with van der Waals surface area (Å²) in [5.74, 6) is -0.316.